The predicted molar refractivity (Wildman–Crippen MR) is 50.1 cm³/mol. The van der Waals surface area contributed by atoms with Gasteiger partial charge in [-0.1, -0.05) is 0 Å². The van der Waals surface area contributed by atoms with Crippen molar-refractivity contribution in [2.45, 2.75) is 13.8 Å². The van der Waals surface area contributed by atoms with Gasteiger partial charge in [-0.05, 0) is 31.0 Å². The van der Waals surface area contributed by atoms with E-state index in [4.69, 9.17) is 15.8 Å². The third-order valence-corrected chi connectivity index (χ3v) is 2.20. The molecule has 0 aromatic heterocycles. The zero-order valence-corrected chi connectivity index (χ0v) is 7.92. The first-order valence-electron chi connectivity index (χ1n) is 4.00. The lowest BCUT2D eigenvalue weighted by Crippen LogP contribution is -1.96. The van der Waals surface area contributed by atoms with Crippen LogP contribution in [0.2, 0.25) is 0 Å². The first kappa shape index (κ1) is 9.78. The summed E-state index contributed by atoms with van der Waals surface area (Å²) in [5, 5.41) is 26.4. The quantitative estimate of drug-likeness (QED) is 0.613. The summed E-state index contributed by atoms with van der Waals surface area (Å²) in [5.41, 5.74) is 2.51. The zero-order chi connectivity index (χ0) is 10.7. The summed E-state index contributed by atoms with van der Waals surface area (Å²) in [6.45, 7) is 3.43. The highest BCUT2D eigenvalue weighted by molar-refractivity contribution is 5.57. The molecule has 0 radical (unpaired) electrons. The summed E-state index contributed by atoms with van der Waals surface area (Å²) >= 11 is 0. The van der Waals surface area contributed by atoms with E-state index in [0.29, 0.717) is 27.8 Å². The molecule has 1 rings (SSSR count). The summed E-state index contributed by atoms with van der Waals surface area (Å²) < 4.78 is 0. The van der Waals surface area contributed by atoms with Gasteiger partial charge in [0.05, 0.1) is 34.9 Å². The highest BCUT2D eigenvalue weighted by atomic mass is 14.3. The van der Waals surface area contributed by atoms with E-state index in [-0.39, 0.29) is 0 Å². The molecule has 0 heterocycles. The van der Waals surface area contributed by atoms with Crippen molar-refractivity contribution in [1.29, 1.82) is 15.8 Å². The monoisotopic (exact) mass is 181 g/mol. The predicted octanol–water partition coefficient (Wildman–Crippen LogP) is 1.92. The number of rotatable bonds is 0. The van der Waals surface area contributed by atoms with Gasteiger partial charge in [0.15, 0.2) is 0 Å². The van der Waals surface area contributed by atoms with Crippen LogP contribution in [0.1, 0.15) is 27.8 Å². The van der Waals surface area contributed by atoms with Crippen molar-refractivity contribution in [2.75, 3.05) is 0 Å². The van der Waals surface area contributed by atoms with Crippen molar-refractivity contribution in [2.24, 2.45) is 0 Å². The largest absolute Gasteiger partial charge is 0.192 e. The van der Waals surface area contributed by atoms with Crippen molar-refractivity contribution < 1.29 is 0 Å². The third kappa shape index (κ3) is 1.30. The van der Waals surface area contributed by atoms with Gasteiger partial charge in [-0.2, -0.15) is 15.8 Å². The number of benzene rings is 1. The summed E-state index contributed by atoms with van der Waals surface area (Å²) in [6, 6.07) is 7.47. The zero-order valence-electron chi connectivity index (χ0n) is 7.92. The van der Waals surface area contributed by atoms with E-state index in [1.807, 2.05) is 18.2 Å². The number of hydrogen-bond acceptors (Lipinski definition) is 3. The van der Waals surface area contributed by atoms with Crippen LogP contribution in [0, 0.1) is 47.8 Å². The van der Waals surface area contributed by atoms with Crippen LogP contribution < -0.4 is 0 Å². The molecule has 0 amide bonds. The van der Waals surface area contributed by atoms with Crippen molar-refractivity contribution in [1.82, 2.24) is 0 Å². The van der Waals surface area contributed by atoms with Crippen LogP contribution in [0.4, 0.5) is 0 Å². The molecular weight excluding hydrogens is 174 g/mol. The summed E-state index contributed by atoms with van der Waals surface area (Å²) in [7, 11) is 0. The van der Waals surface area contributed by atoms with Gasteiger partial charge in [-0.3, -0.25) is 0 Å². The normalized spacial score (nSPS) is 8.50. The van der Waals surface area contributed by atoms with Gasteiger partial charge in [0.25, 0.3) is 0 Å². The fourth-order valence-corrected chi connectivity index (χ4v) is 1.31. The minimum Gasteiger partial charge on any atom is -0.192 e. The van der Waals surface area contributed by atoms with Gasteiger partial charge in [0.2, 0.25) is 0 Å². The Labute approximate surface area is 82.4 Å². The molecule has 3 nitrogen and oxygen atoms in total. The first-order valence-corrected chi connectivity index (χ1v) is 4.00. The van der Waals surface area contributed by atoms with Crippen molar-refractivity contribution >= 4 is 0 Å². The Bertz CT molecular complexity index is 469. The highest BCUT2D eigenvalue weighted by Crippen LogP contribution is 2.20. The number of nitrogens with zero attached hydrogens (tertiary/aromatic N) is 3. The fourth-order valence-electron chi connectivity index (χ4n) is 1.31. The summed E-state index contributed by atoms with van der Waals surface area (Å²) in [6.07, 6.45) is 0. The molecule has 14 heavy (non-hydrogen) atoms. The van der Waals surface area contributed by atoms with Crippen LogP contribution in [-0.4, -0.2) is 0 Å². The van der Waals surface area contributed by atoms with Crippen LogP contribution in [0.3, 0.4) is 0 Å². The Kier molecular flexibility index (Phi) is 2.52. The van der Waals surface area contributed by atoms with Crippen LogP contribution in [0.5, 0.6) is 0 Å². The maximum Gasteiger partial charge on any atom is 0.0998 e. The van der Waals surface area contributed by atoms with E-state index in [1.54, 1.807) is 13.8 Å². The molecular formula is C11H7N3. The summed E-state index contributed by atoms with van der Waals surface area (Å²) in [5.74, 6) is 0. The van der Waals surface area contributed by atoms with Crippen LogP contribution in [0.25, 0.3) is 0 Å². The molecule has 0 aliphatic rings. The van der Waals surface area contributed by atoms with Gasteiger partial charge >= 0.3 is 0 Å². The van der Waals surface area contributed by atoms with Crippen LogP contribution in [-0.2, 0) is 0 Å². The van der Waals surface area contributed by atoms with Gasteiger partial charge in [0, 0.05) is 0 Å². The first-order chi connectivity index (χ1) is 6.65. The van der Waals surface area contributed by atoms with E-state index in [0.717, 1.165) is 0 Å². The molecule has 66 valence electrons. The van der Waals surface area contributed by atoms with E-state index >= 15 is 0 Å². The molecule has 0 saturated heterocycles. The van der Waals surface area contributed by atoms with Gasteiger partial charge in [0.1, 0.15) is 0 Å². The lowest BCUT2D eigenvalue weighted by Gasteiger charge is -2.05. The molecule has 0 fully saturated rings. The van der Waals surface area contributed by atoms with Gasteiger partial charge in [-0.25, -0.2) is 0 Å². The van der Waals surface area contributed by atoms with Crippen LogP contribution >= 0.6 is 0 Å². The van der Waals surface area contributed by atoms with Gasteiger partial charge < -0.3 is 0 Å². The molecule has 0 saturated carbocycles. The molecule has 0 bridgehead atoms. The Morgan fingerprint density at radius 1 is 0.857 bits per heavy atom. The SMILES string of the molecule is Cc1c(C#N)cc(C#N)c(C)c1C#N. The highest BCUT2D eigenvalue weighted by Gasteiger charge is 2.11. The average Bonchev–Trinajstić information content (AvgIpc) is 2.19. The van der Waals surface area contributed by atoms with E-state index in [9.17, 15) is 0 Å². The minimum atomic E-state index is 0.392. The van der Waals surface area contributed by atoms with E-state index in [1.165, 1.54) is 6.07 Å². The smallest absolute Gasteiger partial charge is 0.0998 e. The molecule has 0 aliphatic heterocycles. The van der Waals surface area contributed by atoms with Crippen LogP contribution in [0.15, 0.2) is 6.07 Å². The molecule has 3 heteroatoms. The van der Waals surface area contributed by atoms with E-state index < -0.39 is 0 Å². The number of hydrogen-bond donors (Lipinski definition) is 0. The number of nitriles is 3. The lowest BCUT2D eigenvalue weighted by molar-refractivity contribution is 1.27. The fraction of sp³-hybridized carbons (Fsp3) is 0.182. The Morgan fingerprint density at radius 3 is 1.57 bits per heavy atom. The Morgan fingerprint density at radius 2 is 1.29 bits per heavy atom. The molecule has 1 aromatic carbocycles. The van der Waals surface area contributed by atoms with Crippen molar-refractivity contribution in [3.63, 3.8) is 0 Å². The van der Waals surface area contributed by atoms with Crippen molar-refractivity contribution in [3.8, 4) is 18.2 Å². The molecule has 0 N–H and O–H groups in total. The maximum atomic E-state index is 8.87. The molecule has 0 aliphatic carbocycles. The minimum absolute atomic E-state index is 0.392. The molecule has 1 aromatic rings. The van der Waals surface area contributed by atoms with Crippen molar-refractivity contribution in [3.05, 3.63) is 33.9 Å². The molecule has 0 atom stereocenters. The Balaban J connectivity index is 3.71. The van der Waals surface area contributed by atoms with E-state index in [2.05, 4.69) is 0 Å². The second-order valence-electron chi connectivity index (χ2n) is 2.93. The second kappa shape index (κ2) is 3.60. The maximum absolute atomic E-state index is 8.87. The standard InChI is InChI=1S/C11H7N3/c1-7-9(4-12)3-10(5-13)8(2)11(7)6-14/h3H,1-2H3. The molecule has 0 unspecified atom stereocenters. The summed E-state index contributed by atoms with van der Waals surface area (Å²) in [4.78, 5) is 0. The third-order valence-electron chi connectivity index (χ3n) is 2.20. The topological polar surface area (TPSA) is 71.4 Å². The lowest BCUT2D eigenvalue weighted by atomic mass is 9.95. The Hall–Kier alpha value is -2.31. The average molecular weight is 181 g/mol. The molecule has 0 spiro atoms. The van der Waals surface area contributed by atoms with Gasteiger partial charge in [-0.15, -0.1) is 0 Å². The second-order valence-corrected chi connectivity index (χ2v) is 2.93.